The fourth-order valence-electron chi connectivity index (χ4n) is 2.66. The van der Waals surface area contributed by atoms with E-state index in [4.69, 9.17) is 16.6 Å². The third-order valence-corrected chi connectivity index (χ3v) is 3.85. The molecule has 0 saturated heterocycles. The fraction of sp³-hybridized carbons (Fsp3) is 0.429. The van der Waals surface area contributed by atoms with Crippen molar-refractivity contribution in [2.24, 2.45) is 0 Å². The van der Waals surface area contributed by atoms with Crippen LogP contribution in [0.25, 0.3) is 11.6 Å². The molecule has 1 aliphatic carbocycles. The summed E-state index contributed by atoms with van der Waals surface area (Å²) in [4.78, 5) is 7.77. The molecular weight excluding hydrogens is 244 g/mol. The first-order valence-corrected chi connectivity index (χ1v) is 6.80. The summed E-state index contributed by atoms with van der Waals surface area (Å²) in [5.74, 6) is 2.15. The van der Waals surface area contributed by atoms with Gasteiger partial charge in [0.15, 0.2) is 11.6 Å². The maximum atomic E-state index is 5.48. The van der Waals surface area contributed by atoms with Gasteiger partial charge in [0, 0.05) is 5.69 Å². The summed E-state index contributed by atoms with van der Waals surface area (Å²) in [6.07, 6.45) is 6.79. The Bertz CT molecular complexity index is 608. The second-order valence-corrected chi connectivity index (χ2v) is 5.36. The van der Waals surface area contributed by atoms with Crippen molar-refractivity contribution in [1.29, 1.82) is 0 Å². The molecule has 0 aliphatic heterocycles. The molecule has 1 N–H and O–H groups in total. The number of nitrogens with one attached hydrogen (secondary N) is 1. The predicted molar refractivity (Wildman–Crippen MR) is 73.1 cm³/mol. The minimum Gasteiger partial charge on any atom is -0.461 e. The zero-order valence-corrected chi connectivity index (χ0v) is 11.2. The van der Waals surface area contributed by atoms with Crippen molar-refractivity contribution < 1.29 is 4.42 Å². The second kappa shape index (κ2) is 4.69. The second-order valence-electron chi connectivity index (χ2n) is 4.94. The van der Waals surface area contributed by atoms with E-state index in [1.807, 2.05) is 19.1 Å². The van der Waals surface area contributed by atoms with Gasteiger partial charge >= 0.3 is 0 Å². The van der Waals surface area contributed by atoms with Crippen LogP contribution in [0.15, 0.2) is 22.8 Å². The molecule has 0 unspecified atom stereocenters. The monoisotopic (exact) mass is 260 g/mol. The molecule has 18 heavy (non-hydrogen) atoms. The number of aromatic amines is 1. The Hall–Kier alpha value is -1.42. The number of rotatable bonds is 2. The van der Waals surface area contributed by atoms with Crippen LogP contribution < -0.4 is 0 Å². The Morgan fingerprint density at radius 3 is 2.83 bits per heavy atom. The van der Waals surface area contributed by atoms with Gasteiger partial charge in [-0.3, -0.25) is 0 Å². The van der Waals surface area contributed by atoms with Crippen LogP contribution in [-0.2, 0) is 0 Å². The summed E-state index contributed by atoms with van der Waals surface area (Å²) in [5.41, 5.74) is 2.29. The number of nitrogens with zero attached hydrogens (tertiary/aromatic N) is 1. The Morgan fingerprint density at radius 1 is 1.39 bits per heavy atom. The van der Waals surface area contributed by atoms with Gasteiger partial charge in [-0.1, -0.05) is 25.1 Å². The van der Waals surface area contributed by atoms with Crippen LogP contribution in [0.5, 0.6) is 0 Å². The summed E-state index contributed by atoms with van der Waals surface area (Å²) >= 11 is 5.27. The van der Waals surface area contributed by atoms with Crippen molar-refractivity contribution in [1.82, 2.24) is 9.97 Å². The smallest absolute Gasteiger partial charge is 0.175 e. The maximum Gasteiger partial charge on any atom is 0.175 e. The molecule has 2 heterocycles. The number of aryl methyl sites for hydroxylation is 1. The molecule has 1 fully saturated rings. The van der Waals surface area contributed by atoms with Crippen molar-refractivity contribution in [2.75, 3.05) is 0 Å². The molecule has 3 nitrogen and oxygen atoms in total. The van der Waals surface area contributed by atoms with Crippen LogP contribution in [0, 0.1) is 11.6 Å². The molecule has 0 spiro atoms. The van der Waals surface area contributed by atoms with Crippen molar-refractivity contribution in [3.8, 4) is 11.6 Å². The van der Waals surface area contributed by atoms with Crippen molar-refractivity contribution in [2.45, 2.75) is 38.5 Å². The van der Waals surface area contributed by atoms with Gasteiger partial charge in [-0.15, -0.1) is 0 Å². The van der Waals surface area contributed by atoms with E-state index in [2.05, 4.69) is 9.97 Å². The molecule has 3 rings (SSSR count). The molecule has 1 aliphatic rings. The lowest BCUT2D eigenvalue weighted by atomic mass is 10.0. The van der Waals surface area contributed by atoms with E-state index in [-0.39, 0.29) is 0 Å². The molecule has 2 aromatic rings. The van der Waals surface area contributed by atoms with Crippen LogP contribution in [0.4, 0.5) is 0 Å². The summed E-state index contributed by atoms with van der Waals surface area (Å²) in [6, 6.07) is 3.93. The van der Waals surface area contributed by atoms with Crippen LogP contribution in [0.1, 0.15) is 42.9 Å². The van der Waals surface area contributed by atoms with E-state index < -0.39 is 0 Å². The van der Waals surface area contributed by atoms with Crippen molar-refractivity contribution >= 4 is 12.2 Å². The molecule has 2 aromatic heterocycles. The third kappa shape index (κ3) is 2.12. The Balaban J connectivity index is 2.06. The largest absolute Gasteiger partial charge is 0.461 e. The third-order valence-electron chi connectivity index (χ3n) is 3.64. The summed E-state index contributed by atoms with van der Waals surface area (Å²) in [7, 11) is 0. The Kier molecular flexibility index (Phi) is 3.04. The number of hydrogen-bond donors (Lipinski definition) is 1. The molecule has 0 radical (unpaired) electrons. The zero-order chi connectivity index (χ0) is 12.5. The van der Waals surface area contributed by atoms with Gasteiger partial charge in [-0.05, 0) is 43.4 Å². The summed E-state index contributed by atoms with van der Waals surface area (Å²) < 4.78 is 6.12. The predicted octanol–water partition coefficient (Wildman–Crippen LogP) is 4.37. The van der Waals surface area contributed by atoms with Crippen LogP contribution in [-0.4, -0.2) is 9.97 Å². The topological polar surface area (TPSA) is 41.8 Å². The molecule has 94 valence electrons. The van der Waals surface area contributed by atoms with Crippen molar-refractivity contribution in [3.05, 3.63) is 34.3 Å². The van der Waals surface area contributed by atoms with Gasteiger partial charge in [0.1, 0.15) is 4.64 Å². The Morgan fingerprint density at radius 2 is 2.17 bits per heavy atom. The SMILES string of the molecule is Cc1ccoc1-c1nc(=S)cc(C2CCCC2)[nH]1. The molecule has 0 atom stereocenters. The van der Waals surface area contributed by atoms with E-state index in [1.165, 1.54) is 31.4 Å². The number of furan rings is 1. The van der Waals surface area contributed by atoms with Gasteiger partial charge in [0.05, 0.1) is 6.26 Å². The zero-order valence-electron chi connectivity index (χ0n) is 10.4. The van der Waals surface area contributed by atoms with Crippen LogP contribution in [0.3, 0.4) is 0 Å². The molecule has 1 saturated carbocycles. The average molecular weight is 260 g/mol. The number of H-pyrrole nitrogens is 1. The highest BCUT2D eigenvalue weighted by atomic mass is 32.1. The van der Waals surface area contributed by atoms with Gasteiger partial charge in [-0.25, -0.2) is 4.98 Å². The van der Waals surface area contributed by atoms with Crippen LogP contribution >= 0.6 is 12.2 Å². The molecular formula is C14H16N2OS. The molecule has 0 aromatic carbocycles. The quantitative estimate of drug-likeness (QED) is 0.815. The fourth-order valence-corrected chi connectivity index (χ4v) is 2.87. The molecule has 0 amide bonds. The Labute approximate surface area is 111 Å². The maximum absolute atomic E-state index is 5.48. The summed E-state index contributed by atoms with van der Waals surface area (Å²) in [5, 5.41) is 0. The van der Waals surface area contributed by atoms with E-state index in [9.17, 15) is 0 Å². The lowest BCUT2D eigenvalue weighted by Crippen LogP contribution is -2.00. The highest BCUT2D eigenvalue weighted by molar-refractivity contribution is 7.71. The molecule has 0 bridgehead atoms. The highest BCUT2D eigenvalue weighted by Crippen LogP contribution is 2.33. The van der Waals surface area contributed by atoms with E-state index in [0.29, 0.717) is 10.6 Å². The highest BCUT2D eigenvalue weighted by Gasteiger charge is 2.19. The standard InChI is InChI=1S/C14H16N2OS/c1-9-6-7-17-13(9)14-15-11(8-12(18)16-14)10-4-2-3-5-10/h6-8,10H,2-5H2,1H3,(H,15,16,18). The first kappa shape index (κ1) is 11.7. The first-order valence-electron chi connectivity index (χ1n) is 6.40. The first-order chi connectivity index (χ1) is 8.74. The normalized spacial score (nSPS) is 16.3. The summed E-state index contributed by atoms with van der Waals surface area (Å²) in [6.45, 7) is 2.01. The molecule has 4 heteroatoms. The van der Waals surface area contributed by atoms with Gasteiger partial charge in [0.25, 0.3) is 0 Å². The van der Waals surface area contributed by atoms with Gasteiger partial charge in [-0.2, -0.15) is 0 Å². The lowest BCUT2D eigenvalue weighted by Gasteiger charge is -2.10. The van der Waals surface area contributed by atoms with E-state index in [1.54, 1.807) is 6.26 Å². The minimum absolute atomic E-state index is 0.601. The van der Waals surface area contributed by atoms with Crippen molar-refractivity contribution in [3.63, 3.8) is 0 Å². The van der Waals surface area contributed by atoms with Gasteiger partial charge < -0.3 is 9.40 Å². The minimum atomic E-state index is 0.601. The van der Waals surface area contributed by atoms with Gasteiger partial charge in [0.2, 0.25) is 0 Å². The number of aromatic nitrogens is 2. The lowest BCUT2D eigenvalue weighted by molar-refractivity contribution is 0.573. The number of hydrogen-bond acceptors (Lipinski definition) is 3. The van der Waals surface area contributed by atoms with E-state index >= 15 is 0 Å². The van der Waals surface area contributed by atoms with Crippen LogP contribution in [0.2, 0.25) is 0 Å². The van der Waals surface area contributed by atoms with E-state index in [0.717, 1.165) is 17.1 Å². The average Bonchev–Trinajstić information content (AvgIpc) is 2.98.